The summed E-state index contributed by atoms with van der Waals surface area (Å²) >= 11 is 0. The van der Waals surface area contributed by atoms with Gasteiger partial charge in [0, 0.05) is 33.1 Å². The summed E-state index contributed by atoms with van der Waals surface area (Å²) in [6, 6.07) is 15.1. The van der Waals surface area contributed by atoms with E-state index >= 15 is 0 Å². The molecule has 9 heteroatoms. The fraction of sp³-hybridized carbons (Fsp3) is 0.400. The lowest BCUT2D eigenvalue weighted by Gasteiger charge is -2.26. The molecule has 3 unspecified atom stereocenters. The fourth-order valence-electron chi connectivity index (χ4n) is 4.73. The smallest absolute Gasteiger partial charge is 0.407 e. The number of amides is 2. The van der Waals surface area contributed by atoms with Crippen molar-refractivity contribution in [3.63, 3.8) is 0 Å². The van der Waals surface area contributed by atoms with E-state index in [9.17, 15) is 19.5 Å². The van der Waals surface area contributed by atoms with Gasteiger partial charge in [-0.25, -0.2) is 9.59 Å². The van der Waals surface area contributed by atoms with Gasteiger partial charge in [-0.15, -0.1) is 0 Å². The van der Waals surface area contributed by atoms with Crippen LogP contribution in [0.5, 0.6) is 0 Å². The van der Waals surface area contributed by atoms with Crippen molar-refractivity contribution in [2.24, 2.45) is 0 Å². The Bertz CT molecular complexity index is 1030. The van der Waals surface area contributed by atoms with Gasteiger partial charge in [0.2, 0.25) is 0 Å². The van der Waals surface area contributed by atoms with E-state index in [4.69, 9.17) is 14.2 Å². The first-order valence-corrected chi connectivity index (χ1v) is 11.1. The van der Waals surface area contributed by atoms with E-state index in [0.29, 0.717) is 0 Å². The van der Waals surface area contributed by atoms with Gasteiger partial charge in [0.15, 0.2) is 6.10 Å². The van der Waals surface area contributed by atoms with Crippen molar-refractivity contribution in [3.05, 3.63) is 59.7 Å². The van der Waals surface area contributed by atoms with Crippen LogP contribution in [0.15, 0.2) is 48.5 Å². The van der Waals surface area contributed by atoms with Crippen molar-refractivity contribution < 1.29 is 33.7 Å². The number of carbonyl (C=O) groups excluding carboxylic acids is 2. The number of methoxy groups -OCH3 is 2. The number of alkyl carbamates (subject to hydrolysis) is 1. The zero-order valence-electron chi connectivity index (χ0n) is 19.1. The molecule has 34 heavy (non-hydrogen) atoms. The number of aliphatic carboxylic acids is 1. The molecule has 1 aliphatic heterocycles. The van der Waals surface area contributed by atoms with Gasteiger partial charge in [-0.3, -0.25) is 4.79 Å². The minimum absolute atomic E-state index is 0.0788. The summed E-state index contributed by atoms with van der Waals surface area (Å²) in [7, 11) is 2.81. The molecule has 2 amide bonds. The zero-order chi connectivity index (χ0) is 24.2. The largest absolute Gasteiger partial charge is 0.480 e. The number of carbonyl (C=O) groups is 3. The topological polar surface area (TPSA) is 114 Å². The molecule has 4 rings (SSSR count). The van der Waals surface area contributed by atoms with Gasteiger partial charge in [0.1, 0.15) is 12.6 Å². The second-order valence-corrected chi connectivity index (χ2v) is 8.37. The van der Waals surface area contributed by atoms with E-state index in [2.05, 4.69) is 17.4 Å². The highest BCUT2D eigenvalue weighted by atomic mass is 16.5. The second kappa shape index (κ2) is 10.2. The Morgan fingerprint density at radius 1 is 1.06 bits per heavy atom. The number of fused-ring (bicyclic) bond motifs is 3. The maximum Gasteiger partial charge on any atom is 0.407 e. The fourth-order valence-corrected chi connectivity index (χ4v) is 4.73. The van der Waals surface area contributed by atoms with Crippen molar-refractivity contribution in [3.8, 4) is 11.1 Å². The molecule has 1 aliphatic carbocycles. The molecule has 1 saturated heterocycles. The molecule has 0 bridgehead atoms. The monoisotopic (exact) mass is 468 g/mol. The van der Waals surface area contributed by atoms with E-state index in [0.717, 1.165) is 22.3 Å². The van der Waals surface area contributed by atoms with Gasteiger partial charge < -0.3 is 29.5 Å². The Kier molecular flexibility index (Phi) is 7.14. The van der Waals surface area contributed by atoms with Gasteiger partial charge in [-0.2, -0.15) is 0 Å². The molecule has 180 valence electrons. The number of carboxylic acids is 1. The van der Waals surface area contributed by atoms with E-state index < -0.39 is 30.1 Å². The molecular weight excluding hydrogens is 440 g/mol. The van der Waals surface area contributed by atoms with E-state index in [1.807, 2.05) is 36.4 Å². The normalized spacial score (nSPS) is 19.9. The molecule has 0 spiro atoms. The molecule has 0 saturated carbocycles. The predicted octanol–water partition coefficient (Wildman–Crippen LogP) is 2.24. The van der Waals surface area contributed by atoms with Crippen LogP contribution in [0.3, 0.4) is 0 Å². The molecule has 0 aromatic heterocycles. The Morgan fingerprint density at radius 2 is 1.68 bits per heavy atom. The van der Waals surface area contributed by atoms with Crippen LogP contribution in [0.4, 0.5) is 4.79 Å². The lowest BCUT2D eigenvalue weighted by Crippen LogP contribution is -2.49. The molecule has 2 aromatic carbocycles. The number of ether oxygens (including phenoxy) is 3. The lowest BCUT2D eigenvalue weighted by atomic mass is 9.98. The van der Waals surface area contributed by atoms with Gasteiger partial charge in [-0.1, -0.05) is 48.5 Å². The second-order valence-electron chi connectivity index (χ2n) is 8.37. The highest BCUT2D eigenvalue weighted by Gasteiger charge is 2.42. The summed E-state index contributed by atoms with van der Waals surface area (Å²) in [5, 5.41) is 12.0. The Labute approximate surface area is 197 Å². The molecule has 2 aromatic rings. The average Bonchev–Trinajstić information content (AvgIpc) is 3.43. The number of nitrogens with one attached hydrogen (secondary N) is 1. The van der Waals surface area contributed by atoms with Crippen LogP contribution in [0.2, 0.25) is 0 Å². The number of carboxylic acid groups (broad SMARTS) is 1. The van der Waals surface area contributed by atoms with Crippen LogP contribution < -0.4 is 5.32 Å². The van der Waals surface area contributed by atoms with Gasteiger partial charge in [-0.05, 0) is 22.3 Å². The highest BCUT2D eigenvalue weighted by Crippen LogP contribution is 2.44. The molecule has 1 heterocycles. The van der Waals surface area contributed by atoms with E-state index in [-0.39, 0.29) is 38.1 Å². The van der Waals surface area contributed by atoms with Crippen LogP contribution in [0, 0.1) is 0 Å². The number of likely N-dealkylation sites (tertiary alicyclic amines) is 1. The number of hydrogen-bond acceptors (Lipinski definition) is 6. The molecular formula is C25H28N2O7. The minimum Gasteiger partial charge on any atom is -0.480 e. The summed E-state index contributed by atoms with van der Waals surface area (Å²) in [5.41, 5.74) is 4.46. The van der Waals surface area contributed by atoms with Crippen LogP contribution >= 0.6 is 0 Å². The summed E-state index contributed by atoms with van der Waals surface area (Å²) in [6.07, 6.45) is -1.88. The standard InChI is InChI=1S/C25H28N2O7/c1-32-15-11-21(24(29)30)27(13-15)23(28)22(33-2)12-26-25(31)34-14-20-18-9-5-3-7-16(18)17-8-4-6-10-19(17)20/h3-10,15,20-22H,11-14H2,1-2H3,(H,26,31)(H,29,30). The van der Waals surface area contributed by atoms with Gasteiger partial charge >= 0.3 is 12.1 Å². The molecule has 9 nitrogen and oxygen atoms in total. The van der Waals surface area contributed by atoms with E-state index in [1.165, 1.54) is 19.1 Å². The predicted molar refractivity (Wildman–Crippen MR) is 122 cm³/mol. The zero-order valence-corrected chi connectivity index (χ0v) is 19.1. The summed E-state index contributed by atoms with van der Waals surface area (Å²) in [4.78, 5) is 38.1. The molecule has 3 atom stereocenters. The van der Waals surface area contributed by atoms with Crippen molar-refractivity contribution in [1.82, 2.24) is 10.2 Å². The van der Waals surface area contributed by atoms with Crippen molar-refractivity contribution in [2.75, 3.05) is 33.9 Å². The van der Waals surface area contributed by atoms with E-state index in [1.54, 1.807) is 0 Å². The van der Waals surface area contributed by atoms with Crippen LogP contribution in [-0.2, 0) is 23.8 Å². The van der Waals surface area contributed by atoms with Crippen molar-refractivity contribution in [1.29, 1.82) is 0 Å². The van der Waals surface area contributed by atoms with Crippen LogP contribution in [0.1, 0.15) is 23.5 Å². The molecule has 2 aliphatic rings. The van der Waals surface area contributed by atoms with Crippen molar-refractivity contribution >= 4 is 18.0 Å². The lowest BCUT2D eigenvalue weighted by molar-refractivity contribution is -0.152. The number of rotatable bonds is 8. The highest BCUT2D eigenvalue weighted by molar-refractivity contribution is 5.87. The first kappa shape index (κ1) is 23.7. The molecule has 2 N–H and O–H groups in total. The van der Waals surface area contributed by atoms with Crippen LogP contribution in [0.25, 0.3) is 11.1 Å². The summed E-state index contributed by atoms with van der Waals surface area (Å²) < 4.78 is 16.0. The maximum atomic E-state index is 12.9. The summed E-state index contributed by atoms with van der Waals surface area (Å²) in [5.74, 6) is -1.70. The SMILES string of the molecule is COC1CC(C(=O)O)N(C(=O)C(CNC(=O)OCC2c3ccccc3-c3ccccc32)OC)C1. The Morgan fingerprint density at radius 3 is 2.24 bits per heavy atom. The van der Waals surface area contributed by atoms with Crippen LogP contribution in [-0.4, -0.2) is 80.1 Å². The summed E-state index contributed by atoms with van der Waals surface area (Å²) in [6.45, 7) is 0.151. The number of nitrogens with zero attached hydrogens (tertiary/aromatic N) is 1. The number of benzene rings is 2. The molecule has 0 radical (unpaired) electrons. The van der Waals surface area contributed by atoms with Crippen molar-refractivity contribution in [2.45, 2.75) is 30.6 Å². The Balaban J connectivity index is 1.35. The first-order chi connectivity index (χ1) is 16.4. The quantitative estimate of drug-likeness (QED) is 0.611. The maximum absolute atomic E-state index is 12.9. The number of hydrogen-bond donors (Lipinski definition) is 2. The Hall–Kier alpha value is -3.43. The average molecular weight is 469 g/mol. The van der Waals surface area contributed by atoms with Gasteiger partial charge in [0.05, 0.1) is 12.6 Å². The third-order valence-corrected chi connectivity index (χ3v) is 6.50. The third kappa shape index (κ3) is 4.62. The third-order valence-electron chi connectivity index (χ3n) is 6.50. The first-order valence-electron chi connectivity index (χ1n) is 11.1. The minimum atomic E-state index is -1.10. The molecule has 1 fully saturated rings. The van der Waals surface area contributed by atoms with Gasteiger partial charge in [0.25, 0.3) is 5.91 Å².